The van der Waals surface area contributed by atoms with E-state index in [9.17, 15) is 0 Å². The minimum atomic E-state index is 0.422. The molecule has 0 amide bonds. The molecule has 0 aliphatic heterocycles. The Morgan fingerprint density at radius 2 is 2.11 bits per heavy atom. The topological polar surface area (TPSA) is 69.6 Å². The molecule has 0 bridgehead atoms. The number of aromatic nitrogens is 4. The average Bonchev–Trinajstić information content (AvgIpc) is 2.70. The summed E-state index contributed by atoms with van der Waals surface area (Å²) in [5.74, 6) is 0.422. The van der Waals surface area contributed by atoms with Crippen LogP contribution >= 0.6 is 11.6 Å². The molecule has 0 radical (unpaired) electrons. The largest absolute Gasteiger partial charge is 0.369 e. The van der Waals surface area contributed by atoms with Crippen LogP contribution in [0.5, 0.6) is 0 Å². The van der Waals surface area contributed by atoms with E-state index in [2.05, 4.69) is 15.0 Å². The molecule has 0 saturated heterocycles. The normalized spacial score (nSPS) is 11.1. The van der Waals surface area contributed by atoms with Crippen LogP contribution < -0.4 is 5.73 Å². The maximum absolute atomic E-state index is 6.21. The quantitative estimate of drug-likeness (QED) is 0.778. The number of fused-ring (bicyclic) bond motifs is 1. The van der Waals surface area contributed by atoms with Crippen molar-refractivity contribution in [1.29, 1.82) is 0 Å². The molecule has 0 fully saturated rings. The number of benzene rings is 1. The summed E-state index contributed by atoms with van der Waals surface area (Å²) in [4.78, 5) is 12.8. The second kappa shape index (κ2) is 4.51. The van der Waals surface area contributed by atoms with Gasteiger partial charge in [0.25, 0.3) is 0 Å². The van der Waals surface area contributed by atoms with E-state index in [4.69, 9.17) is 17.3 Å². The molecule has 0 aliphatic rings. The number of para-hydroxylation sites is 1. The summed E-state index contributed by atoms with van der Waals surface area (Å²) < 4.78 is 1.84. The SMILES string of the molecule is Cc1cnc(Cn2c(N)nc3cccc(Cl)c32)cn1. The van der Waals surface area contributed by atoms with Gasteiger partial charge in [-0.1, -0.05) is 17.7 Å². The van der Waals surface area contributed by atoms with Gasteiger partial charge in [0.05, 0.1) is 40.2 Å². The lowest BCUT2D eigenvalue weighted by Gasteiger charge is -2.06. The number of rotatable bonds is 2. The van der Waals surface area contributed by atoms with E-state index >= 15 is 0 Å². The zero-order chi connectivity index (χ0) is 13.4. The smallest absolute Gasteiger partial charge is 0.201 e. The summed E-state index contributed by atoms with van der Waals surface area (Å²) in [5.41, 5.74) is 9.25. The highest BCUT2D eigenvalue weighted by Gasteiger charge is 2.11. The number of anilines is 1. The van der Waals surface area contributed by atoms with Crippen molar-refractivity contribution in [1.82, 2.24) is 19.5 Å². The molecular weight excluding hydrogens is 262 g/mol. The number of nitrogens with zero attached hydrogens (tertiary/aromatic N) is 4. The van der Waals surface area contributed by atoms with Gasteiger partial charge in [-0.05, 0) is 19.1 Å². The van der Waals surface area contributed by atoms with Crippen molar-refractivity contribution in [2.75, 3.05) is 5.73 Å². The van der Waals surface area contributed by atoms with Gasteiger partial charge in [-0.2, -0.15) is 0 Å². The van der Waals surface area contributed by atoms with Crippen LogP contribution in [0.2, 0.25) is 5.02 Å². The highest BCUT2D eigenvalue weighted by molar-refractivity contribution is 6.35. The van der Waals surface area contributed by atoms with E-state index in [1.807, 2.05) is 29.7 Å². The van der Waals surface area contributed by atoms with Crippen LogP contribution in [0, 0.1) is 6.92 Å². The first kappa shape index (κ1) is 11.9. The third-order valence-electron chi connectivity index (χ3n) is 2.90. The van der Waals surface area contributed by atoms with Crippen molar-refractivity contribution in [3.8, 4) is 0 Å². The van der Waals surface area contributed by atoms with E-state index in [1.54, 1.807) is 12.4 Å². The van der Waals surface area contributed by atoms with Gasteiger partial charge in [-0.3, -0.25) is 9.97 Å². The number of aryl methyl sites for hydroxylation is 1. The van der Waals surface area contributed by atoms with Gasteiger partial charge < -0.3 is 10.3 Å². The summed E-state index contributed by atoms with van der Waals surface area (Å²) in [6, 6.07) is 5.56. The van der Waals surface area contributed by atoms with E-state index in [-0.39, 0.29) is 0 Å². The summed E-state index contributed by atoms with van der Waals surface area (Å²) in [6.07, 6.45) is 3.46. The number of imidazole rings is 1. The van der Waals surface area contributed by atoms with Crippen molar-refractivity contribution in [3.05, 3.63) is 47.0 Å². The molecular formula is C13H12ClN5. The summed E-state index contributed by atoms with van der Waals surface area (Å²) in [6.45, 7) is 2.40. The van der Waals surface area contributed by atoms with Crippen LogP contribution in [0.1, 0.15) is 11.4 Å². The fourth-order valence-corrected chi connectivity index (χ4v) is 2.25. The number of hydrogen-bond acceptors (Lipinski definition) is 4. The van der Waals surface area contributed by atoms with E-state index < -0.39 is 0 Å². The number of halogens is 1. The van der Waals surface area contributed by atoms with Crippen molar-refractivity contribution in [2.24, 2.45) is 0 Å². The van der Waals surface area contributed by atoms with Crippen molar-refractivity contribution < 1.29 is 0 Å². The summed E-state index contributed by atoms with van der Waals surface area (Å²) >= 11 is 6.21. The zero-order valence-electron chi connectivity index (χ0n) is 10.3. The molecule has 2 N–H and O–H groups in total. The summed E-state index contributed by atoms with van der Waals surface area (Å²) in [7, 11) is 0. The lowest BCUT2D eigenvalue weighted by molar-refractivity contribution is 0.799. The Hall–Kier alpha value is -2.14. The lowest BCUT2D eigenvalue weighted by Crippen LogP contribution is -2.06. The van der Waals surface area contributed by atoms with Gasteiger partial charge in [0.1, 0.15) is 0 Å². The molecule has 0 atom stereocenters. The first-order valence-corrected chi connectivity index (χ1v) is 6.20. The Morgan fingerprint density at radius 3 is 2.84 bits per heavy atom. The van der Waals surface area contributed by atoms with Crippen molar-refractivity contribution in [3.63, 3.8) is 0 Å². The van der Waals surface area contributed by atoms with Crippen LogP contribution in [0.15, 0.2) is 30.6 Å². The molecule has 96 valence electrons. The third-order valence-corrected chi connectivity index (χ3v) is 3.21. The minimum absolute atomic E-state index is 0.422. The Bertz CT molecular complexity index is 733. The molecule has 3 aromatic rings. The van der Waals surface area contributed by atoms with Gasteiger partial charge in [0.15, 0.2) is 0 Å². The fourth-order valence-electron chi connectivity index (χ4n) is 1.98. The first-order valence-electron chi connectivity index (χ1n) is 5.83. The second-order valence-electron chi connectivity index (χ2n) is 4.31. The van der Waals surface area contributed by atoms with E-state index in [1.165, 1.54) is 0 Å². The average molecular weight is 274 g/mol. The Labute approximate surface area is 115 Å². The van der Waals surface area contributed by atoms with Crippen molar-refractivity contribution in [2.45, 2.75) is 13.5 Å². The van der Waals surface area contributed by atoms with Crippen LogP contribution in [0.4, 0.5) is 5.95 Å². The fraction of sp³-hybridized carbons (Fsp3) is 0.154. The molecule has 2 heterocycles. The van der Waals surface area contributed by atoms with Crippen molar-refractivity contribution >= 4 is 28.6 Å². The number of nitrogen functional groups attached to an aromatic ring is 1. The first-order chi connectivity index (χ1) is 9.15. The van der Waals surface area contributed by atoms with Crippen LogP contribution in [-0.4, -0.2) is 19.5 Å². The Balaban J connectivity index is 2.09. The molecule has 1 aromatic carbocycles. The molecule has 6 heteroatoms. The van der Waals surface area contributed by atoms with Gasteiger partial charge in [0.2, 0.25) is 5.95 Å². The predicted molar refractivity (Wildman–Crippen MR) is 75.0 cm³/mol. The van der Waals surface area contributed by atoms with Crippen LogP contribution in [-0.2, 0) is 6.54 Å². The number of hydrogen-bond donors (Lipinski definition) is 1. The molecule has 3 rings (SSSR count). The van der Waals surface area contributed by atoms with E-state index in [0.717, 1.165) is 22.4 Å². The Kier molecular flexibility index (Phi) is 2.83. The second-order valence-corrected chi connectivity index (χ2v) is 4.72. The van der Waals surface area contributed by atoms with E-state index in [0.29, 0.717) is 17.5 Å². The maximum atomic E-state index is 6.21. The third kappa shape index (κ3) is 2.13. The standard InChI is InChI=1S/C13H12ClN5/c1-8-5-17-9(6-16-8)7-19-12-10(14)3-2-4-11(12)18-13(19)15/h2-6H,7H2,1H3,(H2,15,18). The monoisotopic (exact) mass is 273 g/mol. The molecule has 2 aromatic heterocycles. The highest BCUT2D eigenvalue weighted by Crippen LogP contribution is 2.26. The van der Waals surface area contributed by atoms with Gasteiger partial charge >= 0.3 is 0 Å². The zero-order valence-corrected chi connectivity index (χ0v) is 11.1. The maximum Gasteiger partial charge on any atom is 0.201 e. The molecule has 0 aliphatic carbocycles. The summed E-state index contributed by atoms with van der Waals surface area (Å²) in [5, 5.41) is 0.627. The Morgan fingerprint density at radius 1 is 1.26 bits per heavy atom. The minimum Gasteiger partial charge on any atom is -0.369 e. The highest BCUT2D eigenvalue weighted by atomic mass is 35.5. The van der Waals surface area contributed by atoms with Crippen LogP contribution in [0.3, 0.4) is 0 Å². The lowest BCUT2D eigenvalue weighted by atomic mass is 10.3. The molecule has 0 saturated carbocycles. The van der Waals surface area contributed by atoms with Crippen LogP contribution in [0.25, 0.3) is 11.0 Å². The molecule has 0 unspecified atom stereocenters. The van der Waals surface area contributed by atoms with Gasteiger partial charge in [-0.25, -0.2) is 4.98 Å². The van der Waals surface area contributed by atoms with Gasteiger partial charge in [0, 0.05) is 6.20 Å². The number of nitrogens with two attached hydrogens (primary N) is 1. The van der Waals surface area contributed by atoms with Gasteiger partial charge in [-0.15, -0.1) is 0 Å². The molecule has 19 heavy (non-hydrogen) atoms. The predicted octanol–water partition coefficient (Wildman–Crippen LogP) is 2.42. The molecule has 0 spiro atoms. The molecule has 5 nitrogen and oxygen atoms in total.